The van der Waals surface area contributed by atoms with Crippen LogP contribution in [0, 0.1) is 11.8 Å². The fourth-order valence-corrected chi connectivity index (χ4v) is 3.59. The average Bonchev–Trinajstić information content (AvgIpc) is 2.48. The van der Waals surface area contributed by atoms with Crippen LogP contribution in [-0.4, -0.2) is 11.5 Å². The van der Waals surface area contributed by atoms with Gasteiger partial charge in [-0.25, -0.2) is 0 Å². The first-order chi connectivity index (χ1) is 10.2. The molecule has 112 valence electrons. The lowest BCUT2D eigenvalue weighted by molar-refractivity contribution is 0.274. The highest BCUT2D eigenvalue weighted by Crippen LogP contribution is 2.31. The normalized spacial score (nSPS) is 22.3. The zero-order valence-corrected chi connectivity index (χ0v) is 12.8. The van der Waals surface area contributed by atoms with Gasteiger partial charge in [0.25, 0.3) is 0 Å². The Morgan fingerprint density at radius 3 is 3.05 bits per heavy atom. The minimum atomic E-state index is 0.747. The Hall–Kier alpha value is -1.77. The van der Waals surface area contributed by atoms with E-state index in [2.05, 4.69) is 23.3 Å². The van der Waals surface area contributed by atoms with Gasteiger partial charge in [0, 0.05) is 23.8 Å². The molecule has 1 aromatic carbocycles. The predicted molar refractivity (Wildman–Crippen MR) is 90.4 cm³/mol. The number of benzene rings is 1. The number of rotatable bonds is 4. The Morgan fingerprint density at radius 1 is 1.29 bits per heavy atom. The van der Waals surface area contributed by atoms with Crippen molar-refractivity contribution in [3.8, 4) is 0 Å². The van der Waals surface area contributed by atoms with Gasteiger partial charge in [-0.3, -0.25) is 4.98 Å². The van der Waals surface area contributed by atoms with Gasteiger partial charge in [-0.15, -0.1) is 0 Å². The molecule has 1 saturated carbocycles. The third-order valence-corrected chi connectivity index (χ3v) is 4.72. The van der Waals surface area contributed by atoms with Crippen LogP contribution in [0.1, 0.15) is 39.0 Å². The molecule has 0 spiro atoms. The number of hydrogen-bond acceptors (Lipinski definition) is 3. The molecule has 3 heteroatoms. The number of anilines is 2. The fraction of sp³-hybridized carbons (Fsp3) is 0.500. The van der Waals surface area contributed by atoms with E-state index < -0.39 is 0 Å². The molecule has 2 aromatic rings. The van der Waals surface area contributed by atoms with Crippen molar-refractivity contribution in [3.63, 3.8) is 0 Å². The van der Waals surface area contributed by atoms with E-state index in [1.807, 2.05) is 24.4 Å². The lowest BCUT2D eigenvalue weighted by Gasteiger charge is -2.26. The van der Waals surface area contributed by atoms with Crippen molar-refractivity contribution in [3.05, 3.63) is 30.5 Å². The largest absolute Gasteiger partial charge is 0.397 e. The predicted octanol–water partition coefficient (Wildman–Crippen LogP) is 4.45. The summed E-state index contributed by atoms with van der Waals surface area (Å²) in [6, 6.07) is 8.03. The molecular weight excluding hydrogens is 258 g/mol. The Balaban J connectivity index is 1.64. The van der Waals surface area contributed by atoms with Gasteiger partial charge in [-0.1, -0.05) is 38.3 Å². The maximum Gasteiger partial charge on any atom is 0.0951 e. The number of hydrogen-bond donors (Lipinski definition) is 2. The monoisotopic (exact) mass is 283 g/mol. The summed E-state index contributed by atoms with van der Waals surface area (Å²) in [7, 11) is 0. The molecule has 2 unspecified atom stereocenters. The van der Waals surface area contributed by atoms with Crippen LogP contribution in [-0.2, 0) is 0 Å². The van der Waals surface area contributed by atoms with Gasteiger partial charge in [-0.2, -0.15) is 0 Å². The molecule has 0 amide bonds. The molecule has 1 aliphatic rings. The Morgan fingerprint density at radius 2 is 2.19 bits per heavy atom. The molecular formula is C18H25N3. The number of fused-ring (bicyclic) bond motifs is 1. The third kappa shape index (κ3) is 3.29. The Labute approximate surface area is 127 Å². The highest BCUT2D eigenvalue weighted by Gasteiger charge is 2.18. The SMILES string of the molecule is CC1CCCC(CCNc2ccnc3c(N)cccc23)C1. The molecule has 3 N–H and O–H groups in total. The van der Waals surface area contributed by atoms with Crippen LogP contribution in [0.25, 0.3) is 10.9 Å². The van der Waals surface area contributed by atoms with Gasteiger partial charge < -0.3 is 11.1 Å². The number of nitrogens with two attached hydrogens (primary N) is 1. The number of nitrogens with zero attached hydrogens (tertiary/aromatic N) is 1. The standard InChI is InChI=1S/C18H25N3/c1-13-4-2-5-14(12-13)8-10-20-17-9-11-21-18-15(17)6-3-7-16(18)19/h3,6-7,9,11,13-14H,2,4-5,8,10,12,19H2,1H3,(H,20,21). The molecule has 1 heterocycles. The molecule has 0 radical (unpaired) electrons. The van der Waals surface area contributed by atoms with E-state index >= 15 is 0 Å². The van der Waals surface area contributed by atoms with Crippen LogP contribution in [0.5, 0.6) is 0 Å². The lowest BCUT2D eigenvalue weighted by Crippen LogP contribution is -2.16. The van der Waals surface area contributed by atoms with Gasteiger partial charge >= 0.3 is 0 Å². The average molecular weight is 283 g/mol. The maximum absolute atomic E-state index is 6.00. The second kappa shape index (κ2) is 6.33. The van der Waals surface area contributed by atoms with E-state index in [0.717, 1.165) is 40.7 Å². The van der Waals surface area contributed by atoms with E-state index in [1.54, 1.807) is 0 Å². The van der Waals surface area contributed by atoms with Crippen molar-refractivity contribution in [2.45, 2.75) is 39.0 Å². The third-order valence-electron chi connectivity index (χ3n) is 4.72. The highest BCUT2D eigenvalue weighted by atomic mass is 14.9. The minimum Gasteiger partial charge on any atom is -0.397 e. The molecule has 3 rings (SSSR count). The first-order valence-electron chi connectivity index (χ1n) is 8.11. The van der Waals surface area contributed by atoms with Gasteiger partial charge in [0.2, 0.25) is 0 Å². The van der Waals surface area contributed by atoms with Crippen molar-refractivity contribution in [1.82, 2.24) is 4.98 Å². The van der Waals surface area contributed by atoms with Crippen LogP contribution in [0.4, 0.5) is 11.4 Å². The van der Waals surface area contributed by atoms with Crippen LogP contribution in [0.2, 0.25) is 0 Å². The maximum atomic E-state index is 6.00. The molecule has 21 heavy (non-hydrogen) atoms. The van der Waals surface area contributed by atoms with Crippen LogP contribution >= 0.6 is 0 Å². The molecule has 0 bridgehead atoms. The number of aromatic nitrogens is 1. The summed E-state index contributed by atoms with van der Waals surface area (Å²) in [6.07, 6.45) is 8.71. The van der Waals surface area contributed by atoms with Crippen molar-refractivity contribution in [2.24, 2.45) is 11.8 Å². The van der Waals surface area contributed by atoms with Gasteiger partial charge in [0.1, 0.15) is 0 Å². The quantitative estimate of drug-likeness (QED) is 0.815. The Kier molecular flexibility index (Phi) is 4.28. The summed E-state index contributed by atoms with van der Waals surface area (Å²) >= 11 is 0. The van der Waals surface area contributed by atoms with Crippen molar-refractivity contribution >= 4 is 22.3 Å². The van der Waals surface area contributed by atoms with Crippen molar-refractivity contribution in [1.29, 1.82) is 0 Å². The molecule has 1 aliphatic carbocycles. The molecule has 1 aromatic heterocycles. The van der Waals surface area contributed by atoms with Gasteiger partial charge in [0.05, 0.1) is 11.2 Å². The zero-order chi connectivity index (χ0) is 14.7. The highest BCUT2D eigenvalue weighted by molar-refractivity contribution is 5.97. The topological polar surface area (TPSA) is 50.9 Å². The van der Waals surface area contributed by atoms with E-state index in [4.69, 9.17) is 5.73 Å². The first kappa shape index (κ1) is 14.2. The van der Waals surface area contributed by atoms with Crippen molar-refractivity contribution < 1.29 is 0 Å². The van der Waals surface area contributed by atoms with Crippen molar-refractivity contribution in [2.75, 3.05) is 17.6 Å². The summed E-state index contributed by atoms with van der Waals surface area (Å²) in [6.45, 7) is 3.42. The fourth-order valence-electron chi connectivity index (χ4n) is 3.59. The number of nitrogens with one attached hydrogen (secondary N) is 1. The molecule has 3 nitrogen and oxygen atoms in total. The molecule has 2 atom stereocenters. The summed E-state index contributed by atoms with van der Waals surface area (Å²) < 4.78 is 0. The Bertz CT molecular complexity index is 608. The minimum absolute atomic E-state index is 0.747. The summed E-state index contributed by atoms with van der Waals surface area (Å²) in [5.41, 5.74) is 8.79. The van der Waals surface area contributed by atoms with E-state index in [0.29, 0.717) is 0 Å². The van der Waals surface area contributed by atoms with Crippen LogP contribution < -0.4 is 11.1 Å². The zero-order valence-electron chi connectivity index (χ0n) is 12.8. The van der Waals surface area contributed by atoms with E-state index in [9.17, 15) is 0 Å². The number of pyridine rings is 1. The molecule has 1 fully saturated rings. The number of para-hydroxylation sites is 1. The van der Waals surface area contributed by atoms with Crippen LogP contribution in [0.3, 0.4) is 0 Å². The van der Waals surface area contributed by atoms with Gasteiger partial charge in [-0.05, 0) is 36.8 Å². The second-order valence-corrected chi connectivity index (χ2v) is 6.46. The summed E-state index contributed by atoms with van der Waals surface area (Å²) in [4.78, 5) is 4.38. The van der Waals surface area contributed by atoms with E-state index in [-0.39, 0.29) is 0 Å². The van der Waals surface area contributed by atoms with Crippen LogP contribution in [0.15, 0.2) is 30.5 Å². The van der Waals surface area contributed by atoms with E-state index in [1.165, 1.54) is 32.1 Å². The lowest BCUT2D eigenvalue weighted by atomic mass is 9.81. The number of nitrogen functional groups attached to an aromatic ring is 1. The molecule has 0 saturated heterocycles. The molecule has 0 aliphatic heterocycles. The second-order valence-electron chi connectivity index (χ2n) is 6.46. The summed E-state index contributed by atoms with van der Waals surface area (Å²) in [5.74, 6) is 1.80. The van der Waals surface area contributed by atoms with Gasteiger partial charge in [0.15, 0.2) is 0 Å². The smallest absolute Gasteiger partial charge is 0.0951 e. The summed E-state index contributed by atoms with van der Waals surface area (Å²) in [5, 5.41) is 4.70. The first-order valence-corrected chi connectivity index (χ1v) is 8.11.